The molecule has 1 saturated heterocycles. The van der Waals surface area contributed by atoms with Gasteiger partial charge in [-0.2, -0.15) is 5.10 Å². The normalized spacial score (nSPS) is 14.3. The Morgan fingerprint density at radius 2 is 1.79 bits per heavy atom. The van der Waals surface area contributed by atoms with Crippen LogP contribution in [0.25, 0.3) is 11.3 Å². The third-order valence-corrected chi connectivity index (χ3v) is 5.47. The van der Waals surface area contributed by atoms with Crippen LogP contribution in [0.2, 0.25) is 0 Å². The fraction of sp³-hybridized carbons (Fsp3) is 0.292. The molecule has 0 unspecified atom stereocenters. The van der Waals surface area contributed by atoms with Crippen LogP contribution in [0.1, 0.15) is 18.4 Å². The van der Waals surface area contributed by atoms with Gasteiger partial charge < -0.3 is 9.64 Å². The number of carbonyl (C=O) groups excluding carboxylic acids is 1. The quantitative estimate of drug-likeness (QED) is 0.577. The maximum absolute atomic E-state index is 13.6. The Balaban J connectivity index is 0.00000324. The summed E-state index contributed by atoms with van der Waals surface area (Å²) in [6.07, 6.45) is 0.962. The van der Waals surface area contributed by atoms with Gasteiger partial charge in [0.05, 0.1) is 12.2 Å². The van der Waals surface area contributed by atoms with E-state index < -0.39 is 17.7 Å². The minimum Gasteiger partial charge on any atom is -0.446 e. The number of ether oxygens (including phenoxy) is 1. The number of rotatable bonds is 5. The number of hydrogen-bond donors (Lipinski definition) is 1. The van der Waals surface area contributed by atoms with Crippen LogP contribution in [0.3, 0.4) is 0 Å². The molecule has 1 amide bonds. The lowest BCUT2D eigenvalue weighted by molar-refractivity contribution is 0.0662. The summed E-state index contributed by atoms with van der Waals surface area (Å²) in [6.45, 7) is 1.89. The third-order valence-electron chi connectivity index (χ3n) is 5.47. The van der Waals surface area contributed by atoms with Crippen molar-refractivity contribution in [2.45, 2.75) is 25.5 Å². The van der Waals surface area contributed by atoms with Crippen LogP contribution in [-0.2, 0) is 11.3 Å². The molecule has 1 aromatic heterocycles. The SMILES string of the molecule is CN1CCC(OC(=O)Nc2cccc(Cn3nc(-c4cc(F)cc(F)c4)ccc3=O)c2)CC1.Cl. The largest absolute Gasteiger partial charge is 0.446 e. The molecule has 2 aromatic carbocycles. The van der Waals surface area contributed by atoms with Gasteiger partial charge in [0, 0.05) is 36.5 Å². The van der Waals surface area contributed by atoms with E-state index in [1.807, 2.05) is 7.05 Å². The summed E-state index contributed by atoms with van der Waals surface area (Å²) in [4.78, 5) is 26.8. The molecule has 1 fully saturated rings. The molecule has 7 nitrogen and oxygen atoms in total. The van der Waals surface area contributed by atoms with Crippen molar-refractivity contribution < 1.29 is 18.3 Å². The molecular formula is C24H25ClF2N4O3. The van der Waals surface area contributed by atoms with Gasteiger partial charge in [-0.05, 0) is 55.8 Å². The second-order valence-electron chi connectivity index (χ2n) is 8.11. The number of amides is 1. The highest BCUT2D eigenvalue weighted by atomic mass is 35.5. The molecule has 1 N–H and O–H groups in total. The average Bonchev–Trinajstić information content (AvgIpc) is 2.76. The number of anilines is 1. The summed E-state index contributed by atoms with van der Waals surface area (Å²) in [6, 6.07) is 12.8. The minimum absolute atomic E-state index is 0. The first-order chi connectivity index (χ1) is 15.9. The van der Waals surface area contributed by atoms with E-state index in [4.69, 9.17) is 4.74 Å². The number of benzene rings is 2. The summed E-state index contributed by atoms with van der Waals surface area (Å²) < 4.78 is 33.8. The van der Waals surface area contributed by atoms with Crippen molar-refractivity contribution >= 4 is 24.2 Å². The van der Waals surface area contributed by atoms with E-state index in [1.165, 1.54) is 16.8 Å². The average molecular weight is 491 g/mol. The standard InChI is InChI=1S/C24H24F2N4O3.ClH/c1-29-9-7-21(8-10-29)33-24(32)27-20-4-2-3-16(11-20)15-30-23(31)6-5-22(28-30)17-12-18(25)14-19(26)13-17;/h2-6,11-14,21H,7-10,15H2,1H3,(H,27,32);1H. The van der Waals surface area contributed by atoms with Gasteiger partial charge in [-0.3, -0.25) is 10.1 Å². The van der Waals surface area contributed by atoms with Crippen molar-refractivity contribution in [3.05, 3.63) is 82.1 Å². The number of hydrogen-bond acceptors (Lipinski definition) is 5. The molecule has 1 aliphatic heterocycles. The molecular weight excluding hydrogens is 466 g/mol. The van der Waals surface area contributed by atoms with E-state index in [9.17, 15) is 18.4 Å². The topological polar surface area (TPSA) is 76.5 Å². The Hall–Kier alpha value is -3.30. The van der Waals surface area contributed by atoms with Gasteiger partial charge in [0.1, 0.15) is 17.7 Å². The Bertz CT molecular complexity index is 1190. The summed E-state index contributed by atoms with van der Waals surface area (Å²) in [7, 11) is 2.04. The lowest BCUT2D eigenvalue weighted by Gasteiger charge is -2.28. The van der Waals surface area contributed by atoms with Crippen LogP contribution in [0.5, 0.6) is 0 Å². The van der Waals surface area contributed by atoms with E-state index in [-0.39, 0.29) is 41.9 Å². The number of likely N-dealkylation sites (tertiary alicyclic amines) is 1. The summed E-state index contributed by atoms with van der Waals surface area (Å²) in [5, 5.41) is 6.97. The highest BCUT2D eigenvalue weighted by Gasteiger charge is 2.20. The van der Waals surface area contributed by atoms with Gasteiger partial charge in [0.2, 0.25) is 0 Å². The number of piperidine rings is 1. The maximum Gasteiger partial charge on any atom is 0.411 e. The zero-order chi connectivity index (χ0) is 23.4. The summed E-state index contributed by atoms with van der Waals surface area (Å²) in [5.74, 6) is -1.45. The number of halogens is 3. The van der Waals surface area contributed by atoms with Crippen molar-refractivity contribution in [3.63, 3.8) is 0 Å². The predicted octanol–water partition coefficient (Wildman–Crippen LogP) is 4.30. The van der Waals surface area contributed by atoms with Gasteiger partial charge >= 0.3 is 6.09 Å². The lowest BCUT2D eigenvalue weighted by Crippen LogP contribution is -2.36. The highest BCUT2D eigenvalue weighted by Crippen LogP contribution is 2.19. The Kier molecular flexibility index (Phi) is 8.36. The predicted molar refractivity (Wildman–Crippen MR) is 127 cm³/mol. The van der Waals surface area contributed by atoms with E-state index in [0.29, 0.717) is 11.3 Å². The fourth-order valence-electron chi connectivity index (χ4n) is 3.74. The van der Waals surface area contributed by atoms with Crippen molar-refractivity contribution in [1.29, 1.82) is 0 Å². The van der Waals surface area contributed by atoms with E-state index in [0.717, 1.165) is 44.1 Å². The smallest absolute Gasteiger partial charge is 0.411 e. The molecule has 3 aromatic rings. The monoisotopic (exact) mass is 490 g/mol. The van der Waals surface area contributed by atoms with Crippen LogP contribution in [-0.4, -0.2) is 47.0 Å². The minimum atomic E-state index is -0.726. The molecule has 0 atom stereocenters. The summed E-state index contributed by atoms with van der Waals surface area (Å²) in [5.41, 5.74) is 1.37. The number of carbonyl (C=O) groups is 1. The molecule has 0 radical (unpaired) electrons. The molecule has 4 rings (SSSR count). The van der Waals surface area contributed by atoms with Crippen LogP contribution < -0.4 is 10.9 Å². The molecule has 0 bridgehead atoms. The van der Waals surface area contributed by atoms with E-state index in [2.05, 4.69) is 15.3 Å². The number of nitrogens with zero attached hydrogens (tertiary/aromatic N) is 3. The van der Waals surface area contributed by atoms with Crippen molar-refractivity contribution in [1.82, 2.24) is 14.7 Å². The first kappa shape index (κ1) is 25.3. The first-order valence-corrected chi connectivity index (χ1v) is 10.7. The molecule has 0 aliphatic carbocycles. The third kappa shape index (κ3) is 6.61. The van der Waals surface area contributed by atoms with Crippen LogP contribution >= 0.6 is 12.4 Å². The summed E-state index contributed by atoms with van der Waals surface area (Å²) >= 11 is 0. The molecule has 2 heterocycles. The lowest BCUT2D eigenvalue weighted by atomic mass is 10.1. The molecule has 0 spiro atoms. The molecule has 180 valence electrons. The maximum atomic E-state index is 13.6. The van der Waals surface area contributed by atoms with Crippen molar-refractivity contribution in [2.75, 3.05) is 25.5 Å². The zero-order valence-electron chi connectivity index (χ0n) is 18.5. The highest BCUT2D eigenvalue weighted by molar-refractivity contribution is 5.85. The molecule has 10 heteroatoms. The van der Waals surface area contributed by atoms with Gasteiger partial charge in [-0.15, -0.1) is 12.4 Å². The number of nitrogens with one attached hydrogen (secondary N) is 1. The first-order valence-electron chi connectivity index (χ1n) is 10.7. The van der Waals surface area contributed by atoms with Crippen LogP contribution in [0.4, 0.5) is 19.3 Å². The molecule has 34 heavy (non-hydrogen) atoms. The van der Waals surface area contributed by atoms with Gasteiger partial charge in [-0.25, -0.2) is 18.3 Å². The molecule has 1 aliphatic rings. The van der Waals surface area contributed by atoms with Crippen molar-refractivity contribution in [3.8, 4) is 11.3 Å². The van der Waals surface area contributed by atoms with Crippen molar-refractivity contribution in [2.24, 2.45) is 0 Å². The van der Waals surface area contributed by atoms with E-state index >= 15 is 0 Å². The van der Waals surface area contributed by atoms with Gasteiger partial charge in [-0.1, -0.05) is 12.1 Å². The second-order valence-corrected chi connectivity index (χ2v) is 8.11. The second kappa shape index (κ2) is 11.2. The van der Waals surface area contributed by atoms with Gasteiger partial charge in [0.15, 0.2) is 0 Å². The van der Waals surface area contributed by atoms with Crippen LogP contribution in [0, 0.1) is 11.6 Å². The van der Waals surface area contributed by atoms with Gasteiger partial charge in [0.25, 0.3) is 5.56 Å². The fourth-order valence-corrected chi connectivity index (χ4v) is 3.74. The Morgan fingerprint density at radius 3 is 2.50 bits per heavy atom. The van der Waals surface area contributed by atoms with Crippen LogP contribution in [0.15, 0.2) is 59.4 Å². The Morgan fingerprint density at radius 1 is 1.09 bits per heavy atom. The zero-order valence-corrected chi connectivity index (χ0v) is 19.4. The Labute approximate surface area is 201 Å². The van der Waals surface area contributed by atoms with E-state index in [1.54, 1.807) is 24.3 Å². The number of aromatic nitrogens is 2. The molecule has 0 saturated carbocycles.